The molecule has 0 radical (unpaired) electrons. The summed E-state index contributed by atoms with van der Waals surface area (Å²) in [6.45, 7) is 2.29. The van der Waals surface area contributed by atoms with E-state index in [4.69, 9.17) is 4.74 Å². The van der Waals surface area contributed by atoms with Crippen LogP contribution < -0.4 is 15.6 Å². The molecule has 0 heterocycles. The second-order valence-corrected chi connectivity index (χ2v) is 4.40. The topological polar surface area (TPSA) is 50.4 Å². The molecule has 0 aromatic heterocycles. The summed E-state index contributed by atoms with van der Waals surface area (Å²) in [5.74, 6) is 0.475. The van der Waals surface area contributed by atoms with Crippen molar-refractivity contribution in [2.24, 2.45) is 0 Å². The monoisotopic (exact) mass is 270 g/mol. The van der Waals surface area contributed by atoms with Crippen LogP contribution in [0.2, 0.25) is 0 Å². The van der Waals surface area contributed by atoms with Gasteiger partial charge in [-0.25, -0.2) is 5.43 Å². The van der Waals surface area contributed by atoms with Crippen molar-refractivity contribution in [3.63, 3.8) is 0 Å². The highest BCUT2D eigenvalue weighted by molar-refractivity contribution is 5.80. The van der Waals surface area contributed by atoms with Gasteiger partial charge in [0.2, 0.25) is 0 Å². The van der Waals surface area contributed by atoms with Gasteiger partial charge in [0, 0.05) is 6.54 Å². The third-order valence-corrected chi connectivity index (χ3v) is 2.77. The number of hydrogen-bond acceptors (Lipinski definition) is 3. The molecular weight excluding hydrogens is 252 g/mol. The number of hydrazine groups is 1. The molecule has 2 rings (SSSR count). The summed E-state index contributed by atoms with van der Waals surface area (Å²) < 4.78 is 5.53. The van der Waals surface area contributed by atoms with E-state index < -0.39 is 6.10 Å². The van der Waals surface area contributed by atoms with Crippen LogP contribution >= 0.6 is 0 Å². The molecule has 0 saturated carbocycles. The van der Waals surface area contributed by atoms with E-state index in [1.165, 1.54) is 0 Å². The molecule has 2 N–H and O–H groups in total. The van der Waals surface area contributed by atoms with Crippen molar-refractivity contribution in [1.82, 2.24) is 10.9 Å². The molecule has 104 valence electrons. The Balaban J connectivity index is 1.74. The first-order chi connectivity index (χ1) is 9.75. The normalized spacial score (nSPS) is 11.7. The fraction of sp³-hybridized carbons (Fsp3) is 0.188. The number of rotatable bonds is 6. The van der Waals surface area contributed by atoms with E-state index in [0.717, 1.165) is 5.56 Å². The smallest absolute Gasteiger partial charge is 0.274 e. The second kappa shape index (κ2) is 7.31. The van der Waals surface area contributed by atoms with Crippen molar-refractivity contribution in [3.05, 3.63) is 66.2 Å². The maximum Gasteiger partial charge on any atom is 0.274 e. The number of ether oxygens (including phenoxy) is 1. The minimum Gasteiger partial charge on any atom is -0.481 e. The van der Waals surface area contributed by atoms with Gasteiger partial charge in [0.1, 0.15) is 5.75 Å². The van der Waals surface area contributed by atoms with E-state index in [9.17, 15) is 4.79 Å². The van der Waals surface area contributed by atoms with Gasteiger partial charge < -0.3 is 4.74 Å². The molecule has 0 bridgehead atoms. The summed E-state index contributed by atoms with van der Waals surface area (Å²) >= 11 is 0. The standard InChI is InChI=1S/C16H18N2O2/c1-13(20-15-10-6-3-7-11-15)16(19)18-17-12-14-8-4-2-5-9-14/h2-11,13,17H,12H2,1H3,(H,18,19). The van der Waals surface area contributed by atoms with Crippen molar-refractivity contribution in [2.45, 2.75) is 19.6 Å². The van der Waals surface area contributed by atoms with E-state index >= 15 is 0 Å². The minimum atomic E-state index is -0.555. The molecule has 1 unspecified atom stereocenters. The first-order valence-corrected chi connectivity index (χ1v) is 6.54. The number of benzene rings is 2. The van der Waals surface area contributed by atoms with Gasteiger partial charge in [-0.1, -0.05) is 48.5 Å². The number of amides is 1. The molecule has 0 fully saturated rings. The Hall–Kier alpha value is -2.33. The predicted molar refractivity (Wildman–Crippen MR) is 78.0 cm³/mol. The van der Waals surface area contributed by atoms with E-state index in [2.05, 4.69) is 10.9 Å². The molecule has 4 heteroatoms. The Kier molecular flexibility index (Phi) is 5.15. The third kappa shape index (κ3) is 4.40. The van der Waals surface area contributed by atoms with Gasteiger partial charge in [-0.15, -0.1) is 0 Å². The lowest BCUT2D eigenvalue weighted by molar-refractivity contribution is -0.128. The summed E-state index contributed by atoms with van der Waals surface area (Å²) in [5, 5.41) is 0. The Morgan fingerprint density at radius 2 is 1.65 bits per heavy atom. The number of nitrogens with one attached hydrogen (secondary N) is 2. The lowest BCUT2D eigenvalue weighted by Gasteiger charge is -2.15. The van der Waals surface area contributed by atoms with Crippen LogP contribution in [0.5, 0.6) is 5.75 Å². The minimum absolute atomic E-state index is 0.204. The van der Waals surface area contributed by atoms with E-state index in [0.29, 0.717) is 12.3 Å². The fourth-order valence-electron chi connectivity index (χ4n) is 1.69. The number of hydrogen-bond donors (Lipinski definition) is 2. The second-order valence-electron chi connectivity index (χ2n) is 4.40. The molecule has 2 aromatic carbocycles. The molecule has 0 saturated heterocycles. The molecular formula is C16H18N2O2. The summed E-state index contributed by atoms with van der Waals surface area (Å²) in [6, 6.07) is 19.1. The zero-order valence-corrected chi connectivity index (χ0v) is 11.4. The number of carbonyl (C=O) groups excluding carboxylic acids is 1. The average Bonchev–Trinajstić information content (AvgIpc) is 2.49. The largest absolute Gasteiger partial charge is 0.481 e. The van der Waals surface area contributed by atoms with Crippen LogP contribution in [0, 0.1) is 0 Å². The Morgan fingerprint density at radius 1 is 1.05 bits per heavy atom. The molecule has 1 atom stereocenters. The summed E-state index contributed by atoms with van der Waals surface area (Å²) in [7, 11) is 0. The maximum absolute atomic E-state index is 11.8. The van der Waals surface area contributed by atoms with E-state index in [1.54, 1.807) is 6.92 Å². The highest BCUT2D eigenvalue weighted by Gasteiger charge is 2.13. The first kappa shape index (κ1) is 14.1. The summed E-state index contributed by atoms with van der Waals surface area (Å²) in [6.07, 6.45) is -0.555. The van der Waals surface area contributed by atoms with Crippen LogP contribution in [0.3, 0.4) is 0 Å². The molecule has 0 spiro atoms. The van der Waals surface area contributed by atoms with Gasteiger partial charge in [0.25, 0.3) is 5.91 Å². The quantitative estimate of drug-likeness (QED) is 0.792. The van der Waals surface area contributed by atoms with Crippen molar-refractivity contribution in [3.8, 4) is 5.75 Å². The molecule has 0 aliphatic carbocycles. The van der Waals surface area contributed by atoms with Gasteiger partial charge in [0.15, 0.2) is 6.10 Å². The fourth-order valence-corrected chi connectivity index (χ4v) is 1.69. The van der Waals surface area contributed by atoms with Crippen molar-refractivity contribution < 1.29 is 9.53 Å². The van der Waals surface area contributed by atoms with Crippen LogP contribution in [0.1, 0.15) is 12.5 Å². The molecule has 20 heavy (non-hydrogen) atoms. The van der Waals surface area contributed by atoms with Crippen molar-refractivity contribution >= 4 is 5.91 Å². The SMILES string of the molecule is CC(Oc1ccccc1)C(=O)NNCc1ccccc1. The zero-order chi connectivity index (χ0) is 14.2. The molecule has 1 amide bonds. The Labute approximate surface area is 118 Å². The third-order valence-electron chi connectivity index (χ3n) is 2.77. The van der Waals surface area contributed by atoms with Crippen molar-refractivity contribution in [1.29, 1.82) is 0 Å². The van der Waals surface area contributed by atoms with E-state index in [1.807, 2.05) is 60.7 Å². The summed E-state index contributed by atoms with van der Waals surface area (Å²) in [4.78, 5) is 11.8. The van der Waals surface area contributed by atoms with Gasteiger partial charge in [-0.3, -0.25) is 10.2 Å². The Bertz CT molecular complexity index is 529. The first-order valence-electron chi connectivity index (χ1n) is 6.54. The van der Waals surface area contributed by atoms with Gasteiger partial charge in [-0.05, 0) is 24.6 Å². The zero-order valence-electron chi connectivity index (χ0n) is 11.4. The average molecular weight is 270 g/mol. The molecule has 0 aliphatic rings. The van der Waals surface area contributed by atoms with Crippen LogP contribution in [0.15, 0.2) is 60.7 Å². The maximum atomic E-state index is 11.8. The van der Waals surface area contributed by atoms with Crippen LogP contribution in [0.4, 0.5) is 0 Å². The van der Waals surface area contributed by atoms with Crippen LogP contribution in [-0.4, -0.2) is 12.0 Å². The predicted octanol–water partition coefficient (Wildman–Crippen LogP) is 2.27. The molecule has 4 nitrogen and oxygen atoms in total. The lowest BCUT2D eigenvalue weighted by atomic mass is 10.2. The molecule has 2 aromatic rings. The van der Waals surface area contributed by atoms with Gasteiger partial charge in [-0.2, -0.15) is 0 Å². The lowest BCUT2D eigenvalue weighted by Crippen LogP contribution is -2.44. The highest BCUT2D eigenvalue weighted by atomic mass is 16.5. The summed E-state index contributed by atoms with van der Waals surface area (Å²) in [5.41, 5.74) is 6.63. The molecule has 0 aliphatic heterocycles. The Morgan fingerprint density at radius 3 is 2.30 bits per heavy atom. The van der Waals surface area contributed by atoms with Crippen LogP contribution in [-0.2, 0) is 11.3 Å². The highest BCUT2D eigenvalue weighted by Crippen LogP contribution is 2.10. The number of carbonyl (C=O) groups is 1. The van der Waals surface area contributed by atoms with Gasteiger partial charge in [0.05, 0.1) is 0 Å². The number of para-hydroxylation sites is 1. The van der Waals surface area contributed by atoms with Crippen LogP contribution in [0.25, 0.3) is 0 Å². The van der Waals surface area contributed by atoms with Gasteiger partial charge >= 0.3 is 0 Å². The van der Waals surface area contributed by atoms with Crippen molar-refractivity contribution in [2.75, 3.05) is 0 Å². The van der Waals surface area contributed by atoms with E-state index in [-0.39, 0.29) is 5.91 Å².